The fourth-order valence-electron chi connectivity index (χ4n) is 1.91. The second-order valence-electron chi connectivity index (χ2n) is 5.46. The molecule has 1 atom stereocenters. The van der Waals surface area contributed by atoms with Gasteiger partial charge in [0.05, 0.1) is 6.04 Å². The number of nitrogens with two attached hydrogens (primary N) is 1. The molecule has 108 valence electrons. The van der Waals surface area contributed by atoms with E-state index in [2.05, 4.69) is 24.0 Å². The van der Waals surface area contributed by atoms with Crippen LogP contribution in [0.4, 0.5) is 0 Å². The Balaban J connectivity index is 1.95. The Morgan fingerprint density at radius 2 is 1.95 bits per heavy atom. The zero-order valence-electron chi connectivity index (χ0n) is 11.9. The third kappa shape index (κ3) is 4.06. The van der Waals surface area contributed by atoms with Crippen LogP contribution in [0.2, 0.25) is 0 Å². The molecule has 5 heteroatoms. The maximum atomic E-state index is 9.24. The SMILES string of the molecule is CC(C)CCc1noc([C@H](N)Cc2ccc(O)cc2)n1. The van der Waals surface area contributed by atoms with Gasteiger partial charge in [-0.15, -0.1) is 0 Å². The number of hydrogen-bond donors (Lipinski definition) is 2. The van der Waals surface area contributed by atoms with Gasteiger partial charge < -0.3 is 15.4 Å². The van der Waals surface area contributed by atoms with Crippen LogP contribution >= 0.6 is 0 Å². The van der Waals surface area contributed by atoms with Crippen molar-refractivity contribution in [3.8, 4) is 5.75 Å². The first kappa shape index (κ1) is 14.5. The van der Waals surface area contributed by atoms with Crippen LogP contribution in [0.25, 0.3) is 0 Å². The molecule has 3 N–H and O–H groups in total. The lowest BCUT2D eigenvalue weighted by molar-refractivity contribution is 0.349. The van der Waals surface area contributed by atoms with Crippen molar-refractivity contribution in [3.05, 3.63) is 41.5 Å². The van der Waals surface area contributed by atoms with Crippen molar-refractivity contribution in [1.82, 2.24) is 10.1 Å². The molecule has 20 heavy (non-hydrogen) atoms. The van der Waals surface area contributed by atoms with Crippen molar-refractivity contribution in [2.75, 3.05) is 0 Å². The molecule has 0 amide bonds. The smallest absolute Gasteiger partial charge is 0.243 e. The van der Waals surface area contributed by atoms with Gasteiger partial charge in [0.25, 0.3) is 0 Å². The highest BCUT2D eigenvalue weighted by molar-refractivity contribution is 5.26. The van der Waals surface area contributed by atoms with Gasteiger partial charge in [-0.2, -0.15) is 4.98 Å². The lowest BCUT2D eigenvalue weighted by Crippen LogP contribution is -2.13. The van der Waals surface area contributed by atoms with Crippen molar-refractivity contribution in [1.29, 1.82) is 0 Å². The number of rotatable bonds is 6. The standard InChI is InChI=1S/C15H21N3O2/c1-10(2)3-8-14-17-15(20-18-14)13(16)9-11-4-6-12(19)7-5-11/h4-7,10,13,19H,3,8-9,16H2,1-2H3/t13-/m1/s1. The van der Waals surface area contributed by atoms with Crippen LogP contribution in [0.5, 0.6) is 5.75 Å². The van der Waals surface area contributed by atoms with Crippen LogP contribution in [0.15, 0.2) is 28.8 Å². The lowest BCUT2D eigenvalue weighted by Gasteiger charge is -2.06. The third-order valence-electron chi connectivity index (χ3n) is 3.14. The van der Waals surface area contributed by atoms with E-state index in [-0.39, 0.29) is 11.8 Å². The molecule has 0 bridgehead atoms. The second-order valence-corrected chi connectivity index (χ2v) is 5.46. The van der Waals surface area contributed by atoms with Gasteiger partial charge in [-0.3, -0.25) is 0 Å². The minimum absolute atomic E-state index is 0.246. The number of phenols is 1. The van der Waals surface area contributed by atoms with Gasteiger partial charge in [0, 0.05) is 6.42 Å². The number of aromatic nitrogens is 2. The van der Waals surface area contributed by atoms with E-state index in [1.165, 1.54) is 0 Å². The van der Waals surface area contributed by atoms with Gasteiger partial charge in [-0.1, -0.05) is 31.1 Å². The molecule has 0 saturated carbocycles. The van der Waals surface area contributed by atoms with Crippen molar-refractivity contribution in [3.63, 3.8) is 0 Å². The van der Waals surface area contributed by atoms with Gasteiger partial charge in [-0.25, -0.2) is 0 Å². The molecule has 0 unspecified atom stereocenters. The monoisotopic (exact) mass is 275 g/mol. The van der Waals surface area contributed by atoms with E-state index in [0.717, 1.165) is 24.2 Å². The Labute approximate surface area is 118 Å². The number of benzene rings is 1. The summed E-state index contributed by atoms with van der Waals surface area (Å²) in [6, 6.07) is 6.64. The normalized spacial score (nSPS) is 12.8. The van der Waals surface area contributed by atoms with Gasteiger partial charge in [-0.05, 0) is 36.5 Å². The van der Waals surface area contributed by atoms with E-state index in [4.69, 9.17) is 10.3 Å². The lowest BCUT2D eigenvalue weighted by atomic mass is 10.1. The zero-order chi connectivity index (χ0) is 14.5. The molecule has 0 aliphatic rings. The molecule has 0 aliphatic carbocycles. The number of phenolic OH excluding ortho intramolecular Hbond substituents is 1. The van der Waals surface area contributed by atoms with Crippen LogP contribution in [-0.4, -0.2) is 15.2 Å². The molecule has 1 aromatic heterocycles. The molecule has 1 heterocycles. The summed E-state index contributed by atoms with van der Waals surface area (Å²) in [6.45, 7) is 4.33. The van der Waals surface area contributed by atoms with Crippen LogP contribution < -0.4 is 5.73 Å². The molecule has 2 aromatic rings. The first-order valence-corrected chi connectivity index (χ1v) is 6.90. The number of aromatic hydroxyl groups is 1. The van der Waals surface area contributed by atoms with Crippen LogP contribution in [0.1, 0.15) is 43.6 Å². The minimum Gasteiger partial charge on any atom is -0.508 e. The summed E-state index contributed by atoms with van der Waals surface area (Å²) in [5.41, 5.74) is 7.10. The summed E-state index contributed by atoms with van der Waals surface area (Å²) in [7, 11) is 0. The second kappa shape index (κ2) is 6.52. The Kier molecular flexibility index (Phi) is 4.74. The Morgan fingerprint density at radius 1 is 1.25 bits per heavy atom. The Hall–Kier alpha value is -1.88. The van der Waals surface area contributed by atoms with E-state index in [0.29, 0.717) is 18.2 Å². The van der Waals surface area contributed by atoms with Crippen molar-refractivity contribution >= 4 is 0 Å². The zero-order valence-corrected chi connectivity index (χ0v) is 11.9. The molecular formula is C15H21N3O2. The highest BCUT2D eigenvalue weighted by Gasteiger charge is 2.15. The number of hydrogen-bond acceptors (Lipinski definition) is 5. The highest BCUT2D eigenvalue weighted by atomic mass is 16.5. The molecule has 2 rings (SSSR count). The Morgan fingerprint density at radius 3 is 2.60 bits per heavy atom. The van der Waals surface area contributed by atoms with E-state index >= 15 is 0 Å². The summed E-state index contributed by atoms with van der Waals surface area (Å²) in [5, 5.41) is 13.2. The highest BCUT2D eigenvalue weighted by Crippen LogP contribution is 2.17. The van der Waals surface area contributed by atoms with Crippen LogP contribution in [0.3, 0.4) is 0 Å². The molecular weight excluding hydrogens is 254 g/mol. The minimum atomic E-state index is -0.320. The van der Waals surface area contributed by atoms with E-state index < -0.39 is 0 Å². The van der Waals surface area contributed by atoms with Crippen LogP contribution in [-0.2, 0) is 12.8 Å². The Bertz CT molecular complexity index is 534. The molecule has 1 aromatic carbocycles. The first-order chi connectivity index (χ1) is 9.54. The molecule has 0 saturated heterocycles. The fraction of sp³-hybridized carbons (Fsp3) is 0.467. The van der Waals surface area contributed by atoms with Crippen molar-refractivity contribution < 1.29 is 9.63 Å². The predicted octanol–water partition coefficient (Wildman–Crippen LogP) is 2.61. The van der Waals surface area contributed by atoms with E-state index in [9.17, 15) is 5.11 Å². The summed E-state index contributed by atoms with van der Waals surface area (Å²) >= 11 is 0. The first-order valence-electron chi connectivity index (χ1n) is 6.90. The number of aryl methyl sites for hydroxylation is 1. The average Bonchev–Trinajstić information content (AvgIpc) is 2.88. The summed E-state index contributed by atoms with van der Waals surface area (Å²) in [6.07, 6.45) is 2.45. The van der Waals surface area contributed by atoms with Gasteiger partial charge in [0.1, 0.15) is 5.75 Å². The quantitative estimate of drug-likeness (QED) is 0.846. The topological polar surface area (TPSA) is 85.2 Å². The van der Waals surface area contributed by atoms with Crippen LogP contribution in [0, 0.1) is 5.92 Å². The summed E-state index contributed by atoms with van der Waals surface area (Å²) < 4.78 is 5.22. The molecule has 0 spiro atoms. The molecule has 0 radical (unpaired) electrons. The van der Waals surface area contributed by atoms with Gasteiger partial charge >= 0.3 is 0 Å². The van der Waals surface area contributed by atoms with E-state index in [1.54, 1.807) is 12.1 Å². The fourth-order valence-corrected chi connectivity index (χ4v) is 1.91. The van der Waals surface area contributed by atoms with Crippen molar-refractivity contribution in [2.24, 2.45) is 11.7 Å². The summed E-state index contributed by atoms with van der Waals surface area (Å²) in [5.74, 6) is 2.05. The van der Waals surface area contributed by atoms with Gasteiger partial charge in [0.15, 0.2) is 5.82 Å². The maximum Gasteiger partial charge on any atom is 0.243 e. The van der Waals surface area contributed by atoms with E-state index in [1.807, 2.05) is 12.1 Å². The predicted molar refractivity (Wildman–Crippen MR) is 76.2 cm³/mol. The largest absolute Gasteiger partial charge is 0.508 e. The average molecular weight is 275 g/mol. The third-order valence-corrected chi connectivity index (χ3v) is 3.14. The van der Waals surface area contributed by atoms with Crippen molar-refractivity contribution in [2.45, 2.75) is 39.2 Å². The van der Waals surface area contributed by atoms with Gasteiger partial charge in [0.2, 0.25) is 5.89 Å². The maximum absolute atomic E-state index is 9.24. The molecule has 0 fully saturated rings. The molecule has 0 aliphatic heterocycles. The number of nitrogens with zero attached hydrogens (tertiary/aromatic N) is 2. The molecule has 5 nitrogen and oxygen atoms in total. The summed E-state index contributed by atoms with van der Waals surface area (Å²) in [4.78, 5) is 4.34.